The molecule has 156 valence electrons. The van der Waals surface area contributed by atoms with Crippen molar-refractivity contribution in [2.75, 3.05) is 29.6 Å². The van der Waals surface area contributed by atoms with Crippen LogP contribution in [0.2, 0.25) is 0 Å². The Morgan fingerprint density at radius 1 is 0.645 bits per heavy atom. The molecule has 2 aromatic heterocycles. The van der Waals surface area contributed by atoms with Crippen LogP contribution in [0, 0.1) is 13.8 Å². The number of rotatable bonds is 6. The molecule has 0 unspecified atom stereocenters. The number of anilines is 5. The molecule has 4 rings (SSSR count). The zero-order valence-electron chi connectivity index (χ0n) is 18.2. The molecule has 0 amide bonds. The predicted octanol–water partition coefficient (Wildman–Crippen LogP) is 4.32. The van der Waals surface area contributed by atoms with Crippen molar-refractivity contribution in [1.82, 2.24) is 15.0 Å². The molecule has 0 radical (unpaired) electrons. The van der Waals surface area contributed by atoms with Crippen molar-refractivity contribution in [3.05, 3.63) is 84.2 Å². The van der Waals surface area contributed by atoms with Gasteiger partial charge in [-0.25, -0.2) is 4.57 Å². The first kappa shape index (κ1) is 20.3. The minimum Gasteiger partial charge on any atom is -0.377 e. The summed E-state index contributed by atoms with van der Waals surface area (Å²) in [5.41, 5.74) is 5.32. The summed E-state index contributed by atoms with van der Waals surface area (Å²) in [5, 5.41) is 6.56. The molecule has 4 aromatic rings. The van der Waals surface area contributed by atoms with Gasteiger partial charge in [-0.3, -0.25) is 0 Å². The van der Waals surface area contributed by atoms with E-state index in [9.17, 15) is 0 Å². The van der Waals surface area contributed by atoms with Gasteiger partial charge in [-0.1, -0.05) is 35.4 Å². The number of aryl methyl sites for hydroxylation is 2. The monoisotopic (exact) mass is 412 g/mol. The van der Waals surface area contributed by atoms with Crippen LogP contribution in [-0.2, 0) is 0 Å². The highest BCUT2D eigenvalue weighted by molar-refractivity contribution is 5.58. The number of nitrogens with zero attached hydrogens (tertiary/aromatic N) is 5. The number of hydrogen-bond acceptors (Lipinski definition) is 6. The van der Waals surface area contributed by atoms with E-state index < -0.39 is 0 Å². The average Bonchev–Trinajstić information content (AvgIpc) is 2.77. The summed E-state index contributed by atoms with van der Waals surface area (Å²) in [6.07, 6.45) is 3.88. The Balaban J connectivity index is 1.70. The summed E-state index contributed by atoms with van der Waals surface area (Å²) in [4.78, 5) is 15.9. The van der Waals surface area contributed by atoms with Crippen LogP contribution in [0.3, 0.4) is 0 Å². The van der Waals surface area contributed by atoms with Crippen LogP contribution in [0.4, 0.5) is 29.0 Å². The van der Waals surface area contributed by atoms with E-state index in [1.165, 1.54) is 11.1 Å². The molecule has 0 saturated heterocycles. The van der Waals surface area contributed by atoms with Crippen molar-refractivity contribution in [2.45, 2.75) is 13.8 Å². The van der Waals surface area contributed by atoms with Gasteiger partial charge in [0.15, 0.2) is 0 Å². The lowest BCUT2D eigenvalue weighted by Crippen LogP contribution is -2.33. The second-order valence-corrected chi connectivity index (χ2v) is 7.62. The van der Waals surface area contributed by atoms with Crippen LogP contribution in [0.1, 0.15) is 11.1 Å². The number of benzene rings is 2. The lowest BCUT2D eigenvalue weighted by atomic mass is 10.2. The first-order chi connectivity index (χ1) is 15.0. The topological polar surface area (TPSA) is 69.9 Å². The maximum atomic E-state index is 4.63. The van der Waals surface area contributed by atoms with Crippen molar-refractivity contribution >= 4 is 29.0 Å². The van der Waals surface area contributed by atoms with E-state index in [1.807, 2.05) is 96.6 Å². The van der Waals surface area contributed by atoms with Crippen LogP contribution in [-0.4, -0.2) is 29.0 Å². The molecule has 0 spiro atoms. The fourth-order valence-corrected chi connectivity index (χ4v) is 2.97. The molecule has 0 atom stereocenters. The number of aromatic nitrogens is 4. The minimum atomic E-state index is 0.465. The van der Waals surface area contributed by atoms with Gasteiger partial charge in [0.25, 0.3) is 0 Å². The Kier molecular flexibility index (Phi) is 5.75. The van der Waals surface area contributed by atoms with Gasteiger partial charge in [0, 0.05) is 31.2 Å². The number of hydrogen-bond donors (Lipinski definition) is 2. The maximum absolute atomic E-state index is 4.63. The van der Waals surface area contributed by atoms with Crippen LogP contribution in [0.15, 0.2) is 73.1 Å². The predicted molar refractivity (Wildman–Crippen MR) is 125 cm³/mol. The van der Waals surface area contributed by atoms with Gasteiger partial charge in [0.05, 0.1) is 12.4 Å². The van der Waals surface area contributed by atoms with E-state index in [-0.39, 0.29) is 0 Å². The first-order valence-corrected chi connectivity index (χ1v) is 10.1. The zero-order valence-corrected chi connectivity index (χ0v) is 18.2. The van der Waals surface area contributed by atoms with Gasteiger partial charge in [0.2, 0.25) is 0 Å². The van der Waals surface area contributed by atoms with Crippen molar-refractivity contribution < 1.29 is 4.57 Å². The fourth-order valence-electron chi connectivity index (χ4n) is 2.97. The molecule has 0 bridgehead atoms. The van der Waals surface area contributed by atoms with E-state index in [0.29, 0.717) is 17.8 Å². The highest BCUT2D eigenvalue weighted by atomic mass is 15.3. The summed E-state index contributed by atoms with van der Waals surface area (Å²) in [6, 6.07) is 20.2. The van der Waals surface area contributed by atoms with E-state index in [4.69, 9.17) is 0 Å². The fraction of sp³-hybridized carbons (Fsp3) is 0.167. The first-order valence-electron chi connectivity index (χ1n) is 10.1. The molecular weight excluding hydrogens is 386 g/mol. The Hall–Kier alpha value is -4.00. The molecule has 0 aliphatic carbocycles. The van der Waals surface area contributed by atoms with E-state index >= 15 is 0 Å². The second kappa shape index (κ2) is 8.79. The lowest BCUT2D eigenvalue weighted by molar-refractivity contribution is -0.603. The normalized spacial score (nSPS) is 10.6. The third kappa shape index (κ3) is 5.14. The Bertz CT molecular complexity index is 1090. The standard InChI is InChI=1S/C24H26N7/c1-17-5-9-19(10-6-17)25-22-27-23(26-20-11-7-18(2)8-12-20)29-24(28-22)31-15-13-21(14-16-31)30(3)4/h5-16H,1-4H3,(H2,25,26,27,28,29)/q+1. The van der Waals surface area contributed by atoms with Gasteiger partial charge in [-0.05, 0) is 60.2 Å². The number of nitrogens with one attached hydrogen (secondary N) is 2. The molecule has 7 heteroatoms. The highest BCUT2D eigenvalue weighted by Crippen LogP contribution is 2.18. The van der Waals surface area contributed by atoms with E-state index in [2.05, 4.69) is 39.4 Å². The third-order valence-corrected chi connectivity index (χ3v) is 4.80. The summed E-state index contributed by atoms with van der Waals surface area (Å²) < 4.78 is 1.87. The van der Waals surface area contributed by atoms with Crippen molar-refractivity contribution in [3.8, 4) is 5.95 Å². The van der Waals surface area contributed by atoms with Crippen molar-refractivity contribution in [1.29, 1.82) is 0 Å². The molecule has 2 N–H and O–H groups in total. The van der Waals surface area contributed by atoms with Gasteiger partial charge in [-0.2, -0.15) is 0 Å². The summed E-state index contributed by atoms with van der Waals surface area (Å²) in [7, 11) is 4.02. The third-order valence-electron chi connectivity index (χ3n) is 4.80. The molecule has 0 aliphatic rings. The van der Waals surface area contributed by atoms with Gasteiger partial charge < -0.3 is 15.5 Å². The van der Waals surface area contributed by atoms with Crippen LogP contribution in [0.5, 0.6) is 0 Å². The maximum Gasteiger partial charge on any atom is 0.444 e. The van der Waals surface area contributed by atoms with E-state index in [0.717, 1.165) is 17.1 Å². The van der Waals surface area contributed by atoms with Crippen molar-refractivity contribution in [3.63, 3.8) is 0 Å². The van der Waals surface area contributed by atoms with Crippen LogP contribution < -0.4 is 20.1 Å². The summed E-state index contributed by atoms with van der Waals surface area (Å²) in [6.45, 7) is 4.12. The average molecular weight is 413 g/mol. The quantitative estimate of drug-likeness (QED) is 0.460. The largest absolute Gasteiger partial charge is 0.444 e. The summed E-state index contributed by atoms with van der Waals surface area (Å²) >= 11 is 0. The molecule has 7 nitrogen and oxygen atoms in total. The molecule has 31 heavy (non-hydrogen) atoms. The van der Waals surface area contributed by atoms with Gasteiger partial charge in [-0.15, -0.1) is 4.98 Å². The van der Waals surface area contributed by atoms with Crippen molar-refractivity contribution in [2.24, 2.45) is 0 Å². The second-order valence-electron chi connectivity index (χ2n) is 7.62. The van der Waals surface area contributed by atoms with Crippen LogP contribution >= 0.6 is 0 Å². The zero-order chi connectivity index (χ0) is 21.8. The molecule has 0 aliphatic heterocycles. The molecule has 2 heterocycles. The SMILES string of the molecule is Cc1ccc(Nc2nc(Nc3ccc(C)cc3)nc(-[n+]3ccc(N(C)C)cc3)n2)cc1. The highest BCUT2D eigenvalue weighted by Gasteiger charge is 2.18. The lowest BCUT2D eigenvalue weighted by Gasteiger charge is -2.11. The smallest absolute Gasteiger partial charge is 0.377 e. The molecular formula is C24H26N7+. The Labute approximate surface area is 182 Å². The van der Waals surface area contributed by atoms with Gasteiger partial charge in [0.1, 0.15) is 0 Å². The summed E-state index contributed by atoms with van der Waals surface area (Å²) in [5.74, 6) is 1.45. The molecule has 0 saturated carbocycles. The van der Waals surface area contributed by atoms with E-state index in [1.54, 1.807) is 0 Å². The molecule has 2 aromatic carbocycles. The van der Waals surface area contributed by atoms with Crippen LogP contribution in [0.25, 0.3) is 5.95 Å². The Morgan fingerprint density at radius 2 is 1.10 bits per heavy atom. The number of pyridine rings is 1. The van der Waals surface area contributed by atoms with Gasteiger partial charge >= 0.3 is 17.8 Å². The minimum absolute atomic E-state index is 0.465. The molecule has 0 fully saturated rings. The Morgan fingerprint density at radius 3 is 1.52 bits per heavy atom.